The third-order valence-electron chi connectivity index (χ3n) is 3.37. The van der Waals surface area contributed by atoms with Crippen molar-refractivity contribution in [2.24, 2.45) is 0 Å². The summed E-state index contributed by atoms with van der Waals surface area (Å²) in [5.74, 6) is 0.960. The van der Waals surface area contributed by atoms with Crippen LogP contribution in [0.1, 0.15) is 5.56 Å². The number of nitrogens with zero attached hydrogens (tertiary/aromatic N) is 1. The zero-order chi connectivity index (χ0) is 13.3. The highest BCUT2D eigenvalue weighted by Gasteiger charge is 2.09. The first-order chi connectivity index (χ1) is 9.38. The maximum absolute atomic E-state index is 5.77. The van der Waals surface area contributed by atoms with Gasteiger partial charge in [-0.2, -0.15) is 0 Å². The van der Waals surface area contributed by atoms with Crippen molar-refractivity contribution in [3.63, 3.8) is 0 Å². The smallest absolute Gasteiger partial charge is 0.119 e. The van der Waals surface area contributed by atoms with Crippen molar-refractivity contribution in [1.29, 1.82) is 0 Å². The lowest BCUT2D eigenvalue weighted by Crippen LogP contribution is -2.38. The number of benzene rings is 1. The molecule has 0 bridgehead atoms. The van der Waals surface area contributed by atoms with E-state index in [1.54, 1.807) is 0 Å². The lowest BCUT2D eigenvalue weighted by Gasteiger charge is -2.26. The summed E-state index contributed by atoms with van der Waals surface area (Å²) in [7, 11) is 1.98. The lowest BCUT2D eigenvalue weighted by molar-refractivity contribution is 0.0322. The van der Waals surface area contributed by atoms with Crippen LogP contribution in [-0.4, -0.2) is 57.9 Å². The number of rotatable bonds is 7. The second kappa shape index (κ2) is 8.15. The predicted octanol–water partition coefficient (Wildman–Crippen LogP) is 1.16. The van der Waals surface area contributed by atoms with Gasteiger partial charge < -0.3 is 14.8 Å². The fraction of sp³-hybridized carbons (Fsp3) is 0.600. The molecule has 1 fully saturated rings. The van der Waals surface area contributed by atoms with Gasteiger partial charge in [0.25, 0.3) is 0 Å². The van der Waals surface area contributed by atoms with Crippen molar-refractivity contribution >= 4 is 0 Å². The van der Waals surface area contributed by atoms with Crippen molar-refractivity contribution in [2.45, 2.75) is 6.42 Å². The Morgan fingerprint density at radius 2 is 1.95 bits per heavy atom. The molecule has 0 atom stereocenters. The van der Waals surface area contributed by atoms with Crippen molar-refractivity contribution in [3.8, 4) is 5.75 Å². The number of hydrogen-bond donors (Lipinski definition) is 1. The van der Waals surface area contributed by atoms with Gasteiger partial charge in [-0.3, -0.25) is 4.90 Å². The topological polar surface area (TPSA) is 33.7 Å². The quantitative estimate of drug-likeness (QED) is 0.801. The van der Waals surface area contributed by atoms with Gasteiger partial charge in [0.15, 0.2) is 0 Å². The maximum Gasteiger partial charge on any atom is 0.119 e. The van der Waals surface area contributed by atoms with Gasteiger partial charge in [0.05, 0.1) is 13.2 Å². The van der Waals surface area contributed by atoms with Crippen molar-refractivity contribution in [3.05, 3.63) is 29.8 Å². The van der Waals surface area contributed by atoms with Crippen LogP contribution < -0.4 is 10.1 Å². The molecule has 4 nitrogen and oxygen atoms in total. The molecule has 1 saturated heterocycles. The van der Waals surface area contributed by atoms with Crippen LogP contribution in [0.4, 0.5) is 0 Å². The highest BCUT2D eigenvalue weighted by atomic mass is 16.5. The Bertz CT molecular complexity index is 348. The highest BCUT2D eigenvalue weighted by Crippen LogP contribution is 2.12. The standard InChI is InChI=1S/C15H24N2O2/c1-16-7-6-14-2-4-15(5-3-14)19-13-10-17-8-11-18-12-9-17/h2-5,16H,6-13H2,1H3. The molecular weight excluding hydrogens is 240 g/mol. The molecule has 19 heavy (non-hydrogen) atoms. The van der Waals surface area contributed by atoms with Gasteiger partial charge in [0.1, 0.15) is 12.4 Å². The van der Waals surface area contributed by atoms with Crippen LogP contribution in [-0.2, 0) is 11.2 Å². The molecule has 4 heteroatoms. The Labute approximate surface area is 115 Å². The Hall–Kier alpha value is -1.10. The molecule has 0 amide bonds. The Morgan fingerprint density at radius 3 is 2.63 bits per heavy atom. The Balaban J connectivity index is 1.67. The summed E-state index contributed by atoms with van der Waals surface area (Å²) < 4.78 is 11.1. The van der Waals surface area contributed by atoms with E-state index in [1.165, 1.54) is 5.56 Å². The molecule has 2 rings (SSSR count). The number of likely N-dealkylation sites (N-methyl/N-ethyl adjacent to an activating group) is 1. The summed E-state index contributed by atoms with van der Waals surface area (Å²) in [5.41, 5.74) is 1.34. The van der Waals surface area contributed by atoms with E-state index >= 15 is 0 Å². The summed E-state index contributed by atoms with van der Waals surface area (Å²) in [6.45, 7) is 6.47. The molecule has 0 aliphatic carbocycles. The molecule has 0 unspecified atom stereocenters. The van der Waals surface area contributed by atoms with Crippen LogP contribution >= 0.6 is 0 Å². The largest absolute Gasteiger partial charge is 0.492 e. The molecule has 1 aliphatic rings. The first-order valence-corrected chi connectivity index (χ1v) is 7.05. The van der Waals surface area contributed by atoms with Crippen LogP contribution in [0.2, 0.25) is 0 Å². The van der Waals surface area contributed by atoms with E-state index in [9.17, 15) is 0 Å². The maximum atomic E-state index is 5.77. The van der Waals surface area contributed by atoms with Gasteiger partial charge in [-0.1, -0.05) is 12.1 Å². The molecule has 1 heterocycles. The van der Waals surface area contributed by atoms with Gasteiger partial charge >= 0.3 is 0 Å². The highest BCUT2D eigenvalue weighted by molar-refractivity contribution is 5.27. The van der Waals surface area contributed by atoms with E-state index in [4.69, 9.17) is 9.47 Å². The van der Waals surface area contributed by atoms with Crippen LogP contribution in [0, 0.1) is 0 Å². The number of nitrogens with one attached hydrogen (secondary N) is 1. The average molecular weight is 264 g/mol. The zero-order valence-corrected chi connectivity index (χ0v) is 11.7. The molecular formula is C15H24N2O2. The summed E-state index contributed by atoms with van der Waals surface area (Å²) in [5, 5.41) is 3.15. The predicted molar refractivity (Wildman–Crippen MR) is 76.8 cm³/mol. The summed E-state index contributed by atoms with van der Waals surface area (Å²) in [6.07, 6.45) is 1.06. The van der Waals surface area contributed by atoms with Gasteiger partial charge in [0.2, 0.25) is 0 Å². The fourth-order valence-corrected chi connectivity index (χ4v) is 2.14. The van der Waals surface area contributed by atoms with Gasteiger partial charge in [0, 0.05) is 19.6 Å². The minimum absolute atomic E-state index is 0.746. The molecule has 1 aromatic rings. The minimum atomic E-state index is 0.746. The van der Waals surface area contributed by atoms with E-state index in [0.29, 0.717) is 0 Å². The average Bonchev–Trinajstić information content (AvgIpc) is 2.47. The molecule has 1 aliphatic heterocycles. The van der Waals surface area contributed by atoms with Crippen molar-refractivity contribution in [1.82, 2.24) is 10.2 Å². The third-order valence-corrected chi connectivity index (χ3v) is 3.37. The monoisotopic (exact) mass is 264 g/mol. The van der Waals surface area contributed by atoms with Crippen molar-refractivity contribution in [2.75, 3.05) is 53.0 Å². The van der Waals surface area contributed by atoms with Gasteiger partial charge in [-0.15, -0.1) is 0 Å². The zero-order valence-electron chi connectivity index (χ0n) is 11.7. The van der Waals surface area contributed by atoms with E-state index in [1.807, 2.05) is 7.05 Å². The van der Waals surface area contributed by atoms with E-state index in [0.717, 1.165) is 58.2 Å². The second-order valence-corrected chi connectivity index (χ2v) is 4.80. The van der Waals surface area contributed by atoms with Gasteiger partial charge in [-0.25, -0.2) is 0 Å². The third kappa shape index (κ3) is 5.19. The van der Waals surface area contributed by atoms with E-state index in [-0.39, 0.29) is 0 Å². The molecule has 1 aromatic carbocycles. The number of ether oxygens (including phenoxy) is 2. The first kappa shape index (κ1) is 14.3. The van der Waals surface area contributed by atoms with E-state index in [2.05, 4.69) is 34.5 Å². The number of morpholine rings is 1. The minimum Gasteiger partial charge on any atom is -0.492 e. The molecule has 0 spiro atoms. The van der Waals surface area contributed by atoms with Crippen LogP contribution in [0.25, 0.3) is 0 Å². The fourth-order valence-electron chi connectivity index (χ4n) is 2.14. The SMILES string of the molecule is CNCCc1ccc(OCCN2CCOCC2)cc1. The van der Waals surface area contributed by atoms with Crippen LogP contribution in [0.5, 0.6) is 5.75 Å². The Kier molecular flexibility index (Phi) is 6.14. The molecule has 0 radical (unpaired) electrons. The first-order valence-electron chi connectivity index (χ1n) is 7.05. The molecule has 0 aromatic heterocycles. The number of hydrogen-bond acceptors (Lipinski definition) is 4. The molecule has 1 N–H and O–H groups in total. The molecule has 0 saturated carbocycles. The van der Waals surface area contributed by atoms with E-state index < -0.39 is 0 Å². The molecule has 106 valence electrons. The van der Waals surface area contributed by atoms with Gasteiger partial charge in [-0.05, 0) is 37.7 Å². The Morgan fingerprint density at radius 1 is 1.21 bits per heavy atom. The lowest BCUT2D eigenvalue weighted by atomic mass is 10.1. The summed E-state index contributed by atoms with van der Waals surface area (Å²) in [4.78, 5) is 2.38. The second-order valence-electron chi connectivity index (χ2n) is 4.80. The van der Waals surface area contributed by atoms with Crippen molar-refractivity contribution < 1.29 is 9.47 Å². The summed E-state index contributed by atoms with van der Waals surface area (Å²) in [6, 6.07) is 8.40. The summed E-state index contributed by atoms with van der Waals surface area (Å²) >= 11 is 0. The van der Waals surface area contributed by atoms with Crippen LogP contribution in [0.15, 0.2) is 24.3 Å². The normalized spacial score (nSPS) is 16.5. The van der Waals surface area contributed by atoms with Crippen LogP contribution in [0.3, 0.4) is 0 Å².